The molecular formula is C32H36F2N4O5. The first-order valence-corrected chi connectivity index (χ1v) is 13.9. The molecule has 0 aliphatic heterocycles. The van der Waals surface area contributed by atoms with E-state index in [1.54, 1.807) is 92.7 Å². The zero-order valence-electron chi connectivity index (χ0n) is 24.0. The third-order valence-electron chi connectivity index (χ3n) is 6.77. The van der Waals surface area contributed by atoms with E-state index >= 15 is 8.78 Å². The number of nitrogens with zero attached hydrogens (tertiary/aromatic N) is 1. The van der Waals surface area contributed by atoms with E-state index in [0.717, 1.165) is 0 Å². The number of rotatable bonds is 15. The maximum atomic E-state index is 15.5. The standard InChI is InChI=1S/C32H36F2N4O5/c1-21(2)28(38-27(39)19-37-31(42)43-20-24-15-9-10-16-36-24)29(40)25(17-22-11-5-3-6-12-22)30(41)32(33,34)18-26(35)23-13-7-4-8-14-23/h3-16,21,25-26,28H,17-20,35H2,1-2H3,(H,37,42)(H,38,39)/t25-,26?,28-/m0/s1. The minimum atomic E-state index is -3.92. The average molecular weight is 595 g/mol. The number of alkyl halides is 2. The highest BCUT2D eigenvalue weighted by atomic mass is 19.3. The molecule has 4 N–H and O–H groups in total. The molecule has 2 aromatic carbocycles. The van der Waals surface area contributed by atoms with Gasteiger partial charge in [0, 0.05) is 18.7 Å². The number of hydrogen-bond acceptors (Lipinski definition) is 7. The Morgan fingerprint density at radius 3 is 2.16 bits per heavy atom. The summed E-state index contributed by atoms with van der Waals surface area (Å²) in [5.41, 5.74) is 7.45. The fourth-order valence-corrected chi connectivity index (χ4v) is 4.46. The zero-order valence-corrected chi connectivity index (χ0v) is 24.0. The topological polar surface area (TPSA) is 140 Å². The van der Waals surface area contributed by atoms with Crippen LogP contribution >= 0.6 is 0 Å². The first-order chi connectivity index (χ1) is 20.5. The van der Waals surface area contributed by atoms with Gasteiger partial charge in [-0.15, -0.1) is 0 Å². The van der Waals surface area contributed by atoms with Crippen LogP contribution in [0.1, 0.15) is 43.1 Å². The highest BCUT2D eigenvalue weighted by Crippen LogP contribution is 2.32. The fraction of sp³-hybridized carbons (Fsp3) is 0.344. The van der Waals surface area contributed by atoms with Crippen LogP contribution < -0.4 is 16.4 Å². The van der Waals surface area contributed by atoms with Crippen LogP contribution in [0.25, 0.3) is 0 Å². The molecule has 1 aromatic heterocycles. The highest BCUT2D eigenvalue weighted by Gasteiger charge is 2.48. The number of nitrogens with one attached hydrogen (secondary N) is 2. The molecule has 228 valence electrons. The first-order valence-electron chi connectivity index (χ1n) is 13.9. The molecule has 43 heavy (non-hydrogen) atoms. The molecule has 0 saturated heterocycles. The largest absolute Gasteiger partial charge is 0.443 e. The van der Waals surface area contributed by atoms with Gasteiger partial charge in [-0.05, 0) is 35.6 Å². The van der Waals surface area contributed by atoms with Gasteiger partial charge in [-0.3, -0.25) is 19.4 Å². The minimum absolute atomic E-state index is 0.118. The molecule has 1 heterocycles. The average Bonchev–Trinajstić information content (AvgIpc) is 3.00. The van der Waals surface area contributed by atoms with Crippen LogP contribution in [-0.4, -0.2) is 47.1 Å². The summed E-state index contributed by atoms with van der Waals surface area (Å²) in [6, 6.07) is 19.2. The Morgan fingerprint density at radius 2 is 1.56 bits per heavy atom. The molecule has 3 aromatic rings. The molecule has 0 bridgehead atoms. The summed E-state index contributed by atoms with van der Waals surface area (Å²) in [7, 11) is 0. The SMILES string of the molecule is CC(C)[C@H](NC(=O)CNC(=O)OCc1ccccn1)C(=O)[C@H](Cc1ccccc1)C(=O)C(F)(F)CC(N)c1ccccc1. The normalized spacial score (nSPS) is 13.4. The molecule has 3 rings (SSSR count). The van der Waals surface area contributed by atoms with Gasteiger partial charge in [0.05, 0.1) is 17.7 Å². The quantitative estimate of drug-likeness (QED) is 0.224. The van der Waals surface area contributed by atoms with E-state index in [9.17, 15) is 19.2 Å². The summed E-state index contributed by atoms with van der Waals surface area (Å²) in [6.07, 6.45) is -0.625. The lowest BCUT2D eigenvalue weighted by molar-refractivity contribution is -0.153. The van der Waals surface area contributed by atoms with E-state index in [2.05, 4.69) is 15.6 Å². The van der Waals surface area contributed by atoms with Crippen molar-refractivity contribution in [3.8, 4) is 0 Å². The van der Waals surface area contributed by atoms with Crippen molar-refractivity contribution in [3.63, 3.8) is 0 Å². The van der Waals surface area contributed by atoms with Crippen molar-refractivity contribution in [2.24, 2.45) is 17.6 Å². The van der Waals surface area contributed by atoms with Gasteiger partial charge in [0.15, 0.2) is 5.78 Å². The molecule has 0 fully saturated rings. The monoisotopic (exact) mass is 594 g/mol. The Hall–Kier alpha value is -4.51. The van der Waals surface area contributed by atoms with Crippen molar-refractivity contribution in [2.45, 2.75) is 51.3 Å². The lowest BCUT2D eigenvalue weighted by atomic mass is 9.81. The Balaban J connectivity index is 1.72. The number of aromatic nitrogens is 1. The minimum Gasteiger partial charge on any atom is -0.443 e. The van der Waals surface area contributed by atoms with E-state index in [-0.39, 0.29) is 13.0 Å². The van der Waals surface area contributed by atoms with E-state index in [4.69, 9.17) is 10.5 Å². The summed E-state index contributed by atoms with van der Waals surface area (Å²) < 4.78 is 35.9. The molecule has 9 nitrogen and oxygen atoms in total. The summed E-state index contributed by atoms with van der Waals surface area (Å²) in [4.78, 5) is 55.9. The van der Waals surface area contributed by atoms with Gasteiger partial charge in [0.1, 0.15) is 13.2 Å². The molecule has 0 saturated carbocycles. The molecular weight excluding hydrogens is 558 g/mol. The van der Waals surface area contributed by atoms with Gasteiger partial charge in [0.2, 0.25) is 11.7 Å². The maximum Gasteiger partial charge on any atom is 0.407 e. The summed E-state index contributed by atoms with van der Waals surface area (Å²) in [5.74, 6) is -9.42. The number of alkyl carbamates (subject to hydrolysis) is 1. The second-order valence-corrected chi connectivity index (χ2v) is 10.5. The van der Waals surface area contributed by atoms with Crippen molar-refractivity contribution in [3.05, 3.63) is 102 Å². The number of ketones is 2. The van der Waals surface area contributed by atoms with Gasteiger partial charge < -0.3 is 21.1 Å². The van der Waals surface area contributed by atoms with Crippen LogP contribution in [-0.2, 0) is 32.1 Å². The predicted molar refractivity (Wildman–Crippen MR) is 156 cm³/mol. The number of ether oxygens (including phenoxy) is 1. The van der Waals surface area contributed by atoms with Gasteiger partial charge in [-0.2, -0.15) is 8.78 Å². The molecule has 1 unspecified atom stereocenters. The Bertz CT molecular complexity index is 1360. The van der Waals surface area contributed by atoms with Crippen molar-refractivity contribution in [2.75, 3.05) is 6.54 Å². The molecule has 11 heteroatoms. The molecule has 0 radical (unpaired) electrons. The predicted octanol–water partition coefficient (Wildman–Crippen LogP) is 4.17. The third kappa shape index (κ3) is 10.1. The van der Waals surface area contributed by atoms with Crippen LogP contribution in [0.4, 0.5) is 13.6 Å². The van der Waals surface area contributed by atoms with E-state index < -0.39 is 66.4 Å². The lowest BCUT2D eigenvalue weighted by Crippen LogP contribution is -2.53. The number of benzene rings is 2. The maximum absolute atomic E-state index is 15.5. The molecule has 2 amide bonds. The number of nitrogens with two attached hydrogens (primary N) is 1. The van der Waals surface area contributed by atoms with Crippen LogP contribution in [0.15, 0.2) is 85.1 Å². The third-order valence-corrected chi connectivity index (χ3v) is 6.77. The van der Waals surface area contributed by atoms with Crippen LogP contribution in [0.2, 0.25) is 0 Å². The Morgan fingerprint density at radius 1 is 0.930 bits per heavy atom. The van der Waals surface area contributed by atoms with Gasteiger partial charge in [-0.1, -0.05) is 80.6 Å². The number of halogens is 2. The number of amides is 2. The van der Waals surface area contributed by atoms with Crippen LogP contribution in [0.3, 0.4) is 0 Å². The van der Waals surface area contributed by atoms with Crippen molar-refractivity contribution >= 4 is 23.6 Å². The van der Waals surface area contributed by atoms with Crippen molar-refractivity contribution < 1.29 is 32.7 Å². The number of Topliss-reactive ketones (excluding diaryl/α,β-unsaturated/α-hetero) is 2. The van der Waals surface area contributed by atoms with Crippen molar-refractivity contribution in [1.29, 1.82) is 0 Å². The van der Waals surface area contributed by atoms with E-state index in [1.165, 1.54) is 6.20 Å². The number of carbonyl (C=O) groups excluding carboxylic acids is 4. The number of carbonyl (C=O) groups is 4. The zero-order chi connectivity index (χ0) is 31.4. The van der Waals surface area contributed by atoms with Crippen molar-refractivity contribution in [1.82, 2.24) is 15.6 Å². The highest BCUT2D eigenvalue weighted by molar-refractivity contribution is 6.08. The Kier molecular flexibility index (Phi) is 12.0. The summed E-state index contributed by atoms with van der Waals surface area (Å²) in [5, 5.41) is 4.77. The molecule has 0 aliphatic rings. The summed E-state index contributed by atoms with van der Waals surface area (Å²) in [6.45, 7) is 2.57. The second-order valence-electron chi connectivity index (χ2n) is 10.5. The lowest BCUT2D eigenvalue weighted by Gasteiger charge is -2.28. The fourth-order valence-electron chi connectivity index (χ4n) is 4.46. The summed E-state index contributed by atoms with van der Waals surface area (Å²) >= 11 is 0. The van der Waals surface area contributed by atoms with E-state index in [0.29, 0.717) is 16.8 Å². The first kappa shape index (κ1) is 33.0. The van der Waals surface area contributed by atoms with E-state index in [1.807, 2.05) is 0 Å². The number of pyridine rings is 1. The Labute approximate surface area is 249 Å². The van der Waals surface area contributed by atoms with Crippen LogP contribution in [0, 0.1) is 11.8 Å². The second kappa shape index (κ2) is 15.6. The van der Waals surface area contributed by atoms with Gasteiger partial charge in [0.25, 0.3) is 0 Å². The number of hydrogen-bond donors (Lipinski definition) is 3. The van der Waals surface area contributed by atoms with Gasteiger partial charge >= 0.3 is 12.0 Å². The smallest absolute Gasteiger partial charge is 0.407 e. The van der Waals surface area contributed by atoms with Crippen LogP contribution in [0.5, 0.6) is 0 Å². The van der Waals surface area contributed by atoms with Gasteiger partial charge in [-0.25, -0.2) is 4.79 Å². The molecule has 0 aliphatic carbocycles. The molecule has 0 spiro atoms. The molecule has 3 atom stereocenters.